The number of likely N-dealkylation sites (tertiary alicyclic amines) is 1. The second-order valence-corrected chi connectivity index (χ2v) is 5.27. The molecule has 1 aromatic rings. The average molecular weight is 264 g/mol. The maximum absolute atomic E-state index is 12.0. The molecule has 2 rings (SSSR count). The van der Waals surface area contributed by atoms with Gasteiger partial charge in [0, 0.05) is 31.1 Å². The van der Waals surface area contributed by atoms with E-state index in [1.165, 1.54) is 11.3 Å². The van der Waals surface area contributed by atoms with E-state index in [-0.39, 0.29) is 11.8 Å². The molecule has 1 N–H and O–H groups in total. The van der Waals surface area contributed by atoms with E-state index in [1.807, 2.05) is 5.38 Å². The Kier molecular flexibility index (Phi) is 4.67. The molecular formula is C12H16N4OS. The third kappa shape index (κ3) is 3.52. The van der Waals surface area contributed by atoms with Crippen LogP contribution in [0, 0.1) is 17.2 Å². The smallest absolute Gasteiger partial charge is 0.230 e. The number of hydrogen-bond donors (Lipinski definition) is 1. The van der Waals surface area contributed by atoms with E-state index in [4.69, 9.17) is 5.26 Å². The highest BCUT2D eigenvalue weighted by molar-refractivity contribution is 7.13. The van der Waals surface area contributed by atoms with Crippen LogP contribution in [0.5, 0.6) is 0 Å². The van der Waals surface area contributed by atoms with Crippen molar-refractivity contribution in [3.8, 4) is 6.07 Å². The molecule has 1 fully saturated rings. The van der Waals surface area contributed by atoms with Crippen LogP contribution in [0.15, 0.2) is 11.6 Å². The van der Waals surface area contributed by atoms with Gasteiger partial charge in [-0.1, -0.05) is 0 Å². The maximum Gasteiger partial charge on any atom is 0.230 e. The van der Waals surface area contributed by atoms with Gasteiger partial charge in [0.2, 0.25) is 5.91 Å². The van der Waals surface area contributed by atoms with Gasteiger partial charge in [0.25, 0.3) is 0 Å². The Labute approximate surface area is 110 Å². The number of aromatic nitrogens is 1. The number of carbonyl (C=O) groups is 1. The summed E-state index contributed by atoms with van der Waals surface area (Å²) in [6.45, 7) is 2.50. The first kappa shape index (κ1) is 13.0. The first-order chi connectivity index (χ1) is 8.79. The van der Waals surface area contributed by atoms with E-state index in [0.717, 1.165) is 32.5 Å². The van der Waals surface area contributed by atoms with Crippen LogP contribution in [0.1, 0.15) is 19.3 Å². The fourth-order valence-electron chi connectivity index (χ4n) is 2.17. The molecular weight excluding hydrogens is 248 g/mol. The monoisotopic (exact) mass is 264 g/mol. The molecule has 1 aliphatic rings. The molecule has 0 spiro atoms. The van der Waals surface area contributed by atoms with Crippen molar-refractivity contribution < 1.29 is 4.79 Å². The van der Waals surface area contributed by atoms with Crippen molar-refractivity contribution in [3.63, 3.8) is 0 Å². The molecule has 1 atom stereocenters. The van der Waals surface area contributed by atoms with Gasteiger partial charge in [0.15, 0.2) is 5.13 Å². The molecule has 0 aliphatic carbocycles. The van der Waals surface area contributed by atoms with Crippen LogP contribution in [0.25, 0.3) is 0 Å². The summed E-state index contributed by atoms with van der Waals surface area (Å²) >= 11 is 1.43. The fraction of sp³-hybridized carbons (Fsp3) is 0.583. The molecule has 1 unspecified atom stereocenters. The minimum absolute atomic E-state index is 0.0151. The number of amides is 1. The van der Waals surface area contributed by atoms with Gasteiger partial charge in [-0.3, -0.25) is 4.79 Å². The van der Waals surface area contributed by atoms with E-state index >= 15 is 0 Å². The first-order valence-electron chi connectivity index (χ1n) is 6.09. The fourth-order valence-corrected chi connectivity index (χ4v) is 2.71. The van der Waals surface area contributed by atoms with Crippen LogP contribution in [0.2, 0.25) is 0 Å². The van der Waals surface area contributed by atoms with Crippen molar-refractivity contribution in [1.29, 1.82) is 5.26 Å². The summed E-state index contributed by atoms with van der Waals surface area (Å²) in [5.41, 5.74) is 0. The van der Waals surface area contributed by atoms with E-state index in [9.17, 15) is 4.79 Å². The normalized spacial score (nSPS) is 20.3. The van der Waals surface area contributed by atoms with Gasteiger partial charge in [0.05, 0.1) is 12.0 Å². The second kappa shape index (κ2) is 6.47. The number of anilines is 1. The zero-order valence-electron chi connectivity index (χ0n) is 10.1. The standard InChI is InChI=1S/C12H16N4OS/c13-4-2-7-16-6-1-3-10(9-16)11(17)15-12-14-5-8-18-12/h5,8,10H,1-3,6-7,9H2,(H,14,15,17). The quantitative estimate of drug-likeness (QED) is 0.898. The molecule has 96 valence electrons. The first-order valence-corrected chi connectivity index (χ1v) is 6.97. The van der Waals surface area contributed by atoms with Crippen molar-refractivity contribution >= 4 is 22.4 Å². The molecule has 1 saturated heterocycles. The molecule has 0 saturated carbocycles. The highest BCUT2D eigenvalue weighted by atomic mass is 32.1. The minimum Gasteiger partial charge on any atom is -0.302 e. The zero-order valence-corrected chi connectivity index (χ0v) is 10.9. The van der Waals surface area contributed by atoms with Crippen LogP contribution in [0.3, 0.4) is 0 Å². The van der Waals surface area contributed by atoms with Crippen molar-refractivity contribution in [3.05, 3.63) is 11.6 Å². The van der Waals surface area contributed by atoms with Gasteiger partial charge >= 0.3 is 0 Å². The maximum atomic E-state index is 12.0. The second-order valence-electron chi connectivity index (χ2n) is 4.37. The molecule has 1 aliphatic heterocycles. The molecule has 1 amide bonds. The lowest BCUT2D eigenvalue weighted by molar-refractivity contribution is -0.121. The van der Waals surface area contributed by atoms with E-state index in [0.29, 0.717) is 11.6 Å². The van der Waals surface area contributed by atoms with E-state index < -0.39 is 0 Å². The highest BCUT2D eigenvalue weighted by Crippen LogP contribution is 2.19. The van der Waals surface area contributed by atoms with Gasteiger partial charge in [-0.15, -0.1) is 11.3 Å². The summed E-state index contributed by atoms with van der Waals surface area (Å²) in [6.07, 6.45) is 4.14. The lowest BCUT2D eigenvalue weighted by Gasteiger charge is -2.31. The summed E-state index contributed by atoms with van der Waals surface area (Å²) in [5.74, 6) is 0.0629. The minimum atomic E-state index is 0.0151. The van der Waals surface area contributed by atoms with Gasteiger partial charge in [-0.25, -0.2) is 4.98 Å². The summed E-state index contributed by atoms with van der Waals surface area (Å²) < 4.78 is 0. The molecule has 5 nitrogen and oxygen atoms in total. The zero-order chi connectivity index (χ0) is 12.8. The van der Waals surface area contributed by atoms with Crippen molar-refractivity contribution in [2.75, 3.05) is 25.0 Å². The number of hydrogen-bond acceptors (Lipinski definition) is 5. The van der Waals surface area contributed by atoms with Gasteiger partial charge < -0.3 is 10.2 Å². The highest BCUT2D eigenvalue weighted by Gasteiger charge is 2.25. The topological polar surface area (TPSA) is 69.0 Å². The molecule has 18 heavy (non-hydrogen) atoms. The number of nitrogens with zero attached hydrogens (tertiary/aromatic N) is 3. The van der Waals surface area contributed by atoms with Crippen molar-refractivity contribution in [2.45, 2.75) is 19.3 Å². The molecule has 0 aromatic carbocycles. The SMILES string of the molecule is N#CCCN1CCCC(C(=O)Nc2nccs2)C1. The number of carbonyl (C=O) groups excluding carboxylic acids is 1. The average Bonchev–Trinajstić information content (AvgIpc) is 2.89. The van der Waals surface area contributed by atoms with Gasteiger partial charge in [0.1, 0.15) is 0 Å². The molecule has 1 aromatic heterocycles. The predicted molar refractivity (Wildman–Crippen MR) is 70.1 cm³/mol. The number of nitrogens with one attached hydrogen (secondary N) is 1. The van der Waals surface area contributed by atoms with E-state index in [2.05, 4.69) is 21.3 Å². The van der Waals surface area contributed by atoms with Crippen LogP contribution >= 0.6 is 11.3 Å². The Balaban J connectivity index is 1.84. The Hall–Kier alpha value is -1.45. The lowest BCUT2D eigenvalue weighted by atomic mass is 9.97. The Morgan fingerprint density at radius 1 is 1.72 bits per heavy atom. The molecule has 0 bridgehead atoms. The predicted octanol–water partition coefficient (Wildman–Crippen LogP) is 1.71. The third-order valence-corrected chi connectivity index (χ3v) is 3.77. The largest absolute Gasteiger partial charge is 0.302 e. The number of nitriles is 1. The Morgan fingerprint density at radius 2 is 2.61 bits per heavy atom. The molecule has 2 heterocycles. The van der Waals surface area contributed by atoms with Gasteiger partial charge in [-0.05, 0) is 19.4 Å². The van der Waals surface area contributed by atoms with Crippen LogP contribution in [-0.4, -0.2) is 35.4 Å². The van der Waals surface area contributed by atoms with Crippen LogP contribution in [0.4, 0.5) is 5.13 Å². The summed E-state index contributed by atoms with van der Waals surface area (Å²) in [4.78, 5) is 18.3. The third-order valence-electron chi connectivity index (χ3n) is 3.08. The summed E-state index contributed by atoms with van der Waals surface area (Å²) in [6, 6.07) is 2.14. The number of rotatable bonds is 4. The molecule has 6 heteroatoms. The Morgan fingerprint density at radius 3 is 3.33 bits per heavy atom. The van der Waals surface area contributed by atoms with Crippen molar-refractivity contribution in [1.82, 2.24) is 9.88 Å². The number of thiazole rings is 1. The van der Waals surface area contributed by atoms with E-state index in [1.54, 1.807) is 6.20 Å². The summed E-state index contributed by atoms with van der Waals surface area (Å²) in [5, 5.41) is 13.9. The molecule has 0 radical (unpaired) electrons. The Bertz CT molecular complexity index is 426. The lowest BCUT2D eigenvalue weighted by Crippen LogP contribution is -2.41. The summed E-state index contributed by atoms with van der Waals surface area (Å²) in [7, 11) is 0. The van der Waals surface area contributed by atoms with Gasteiger partial charge in [-0.2, -0.15) is 5.26 Å². The van der Waals surface area contributed by atoms with Crippen LogP contribution < -0.4 is 5.32 Å². The van der Waals surface area contributed by atoms with Crippen molar-refractivity contribution in [2.24, 2.45) is 5.92 Å². The number of piperidine rings is 1. The van der Waals surface area contributed by atoms with Crippen LogP contribution in [-0.2, 0) is 4.79 Å².